The average molecular weight is 399 g/mol. The molecule has 0 bridgehead atoms. The number of amides is 2. The van der Waals surface area contributed by atoms with E-state index < -0.39 is 0 Å². The third kappa shape index (κ3) is 3.09. The van der Waals surface area contributed by atoms with Crippen molar-refractivity contribution in [3.8, 4) is 0 Å². The Morgan fingerprint density at radius 1 is 1.16 bits per heavy atom. The molecule has 2 aliphatic rings. The van der Waals surface area contributed by atoms with Crippen LogP contribution in [0, 0.1) is 18.8 Å². The molecule has 2 aromatic rings. The number of benzene rings is 2. The fraction of sp³-hybridized carbons (Fsp3) is 0.300. The van der Waals surface area contributed by atoms with Crippen molar-refractivity contribution in [2.75, 3.05) is 16.8 Å². The van der Waals surface area contributed by atoms with Gasteiger partial charge in [0.05, 0.1) is 11.8 Å². The minimum Gasteiger partial charge on any atom is -0.326 e. The lowest BCUT2D eigenvalue weighted by atomic mass is 10.2. The van der Waals surface area contributed by atoms with E-state index in [-0.39, 0.29) is 23.7 Å². The van der Waals surface area contributed by atoms with Crippen LogP contribution >= 0.6 is 15.9 Å². The monoisotopic (exact) mass is 398 g/mol. The van der Waals surface area contributed by atoms with Crippen molar-refractivity contribution >= 4 is 39.1 Å². The highest BCUT2D eigenvalue weighted by Crippen LogP contribution is 2.43. The Labute approximate surface area is 155 Å². The van der Waals surface area contributed by atoms with Gasteiger partial charge >= 0.3 is 0 Å². The van der Waals surface area contributed by atoms with Gasteiger partial charge in [0.2, 0.25) is 11.8 Å². The van der Waals surface area contributed by atoms with Gasteiger partial charge in [0, 0.05) is 22.4 Å². The average Bonchev–Trinajstić information content (AvgIpc) is 3.30. The third-order valence-electron chi connectivity index (χ3n) is 5.02. The first-order chi connectivity index (χ1) is 12.0. The maximum atomic E-state index is 12.8. The molecular weight excluding hydrogens is 380 g/mol. The largest absolute Gasteiger partial charge is 0.326 e. The fourth-order valence-electron chi connectivity index (χ4n) is 3.48. The molecule has 0 spiro atoms. The molecule has 0 radical (unpaired) electrons. The summed E-state index contributed by atoms with van der Waals surface area (Å²) < 4.78 is 1.01. The predicted octanol–water partition coefficient (Wildman–Crippen LogP) is 3.92. The van der Waals surface area contributed by atoms with Crippen molar-refractivity contribution in [2.24, 2.45) is 11.8 Å². The van der Waals surface area contributed by atoms with Crippen molar-refractivity contribution < 1.29 is 9.59 Å². The van der Waals surface area contributed by atoms with E-state index in [4.69, 9.17) is 0 Å². The van der Waals surface area contributed by atoms with Crippen LogP contribution in [-0.4, -0.2) is 18.4 Å². The summed E-state index contributed by atoms with van der Waals surface area (Å²) in [4.78, 5) is 27.1. The number of rotatable bonds is 3. The first-order valence-electron chi connectivity index (χ1n) is 8.51. The Morgan fingerprint density at radius 2 is 1.96 bits per heavy atom. The molecule has 0 aromatic heterocycles. The number of anilines is 2. The Morgan fingerprint density at radius 3 is 2.76 bits per heavy atom. The molecule has 2 atom stereocenters. The van der Waals surface area contributed by atoms with Gasteiger partial charge < -0.3 is 10.2 Å². The zero-order valence-corrected chi connectivity index (χ0v) is 15.5. The van der Waals surface area contributed by atoms with Gasteiger partial charge in [-0.2, -0.15) is 0 Å². The first-order valence-corrected chi connectivity index (χ1v) is 9.30. The summed E-state index contributed by atoms with van der Waals surface area (Å²) in [7, 11) is 0. The summed E-state index contributed by atoms with van der Waals surface area (Å²) in [6.07, 6.45) is 1.53. The second-order valence-corrected chi connectivity index (χ2v) is 7.62. The van der Waals surface area contributed by atoms with E-state index in [1.165, 1.54) is 5.56 Å². The third-order valence-corrected chi connectivity index (χ3v) is 5.91. The second kappa shape index (κ2) is 6.30. The van der Waals surface area contributed by atoms with Crippen LogP contribution in [-0.2, 0) is 16.0 Å². The quantitative estimate of drug-likeness (QED) is 0.851. The van der Waals surface area contributed by atoms with Gasteiger partial charge in [-0.3, -0.25) is 9.59 Å². The van der Waals surface area contributed by atoms with E-state index in [1.54, 1.807) is 0 Å². The summed E-state index contributed by atoms with van der Waals surface area (Å²) in [6, 6.07) is 13.7. The molecule has 1 saturated carbocycles. The summed E-state index contributed by atoms with van der Waals surface area (Å²) in [5.41, 5.74) is 4.05. The number of carbonyl (C=O) groups excluding carboxylic acids is 2. The molecule has 1 fully saturated rings. The number of para-hydroxylation sites is 1. The predicted molar refractivity (Wildman–Crippen MR) is 102 cm³/mol. The molecule has 0 saturated heterocycles. The highest BCUT2D eigenvalue weighted by Gasteiger charge is 2.50. The molecule has 1 aliphatic heterocycles. The van der Waals surface area contributed by atoms with Crippen molar-refractivity contribution in [3.63, 3.8) is 0 Å². The number of aryl methyl sites for hydroxylation is 1. The van der Waals surface area contributed by atoms with Crippen LogP contribution < -0.4 is 10.2 Å². The Bertz CT molecular complexity index is 865. The molecule has 5 heteroatoms. The Balaban J connectivity index is 1.41. The highest BCUT2D eigenvalue weighted by atomic mass is 79.9. The molecule has 4 rings (SSSR count). The van der Waals surface area contributed by atoms with Crippen LogP contribution in [0.25, 0.3) is 0 Å². The number of fused-ring (bicyclic) bond motifs is 1. The SMILES string of the molecule is Cc1cc(NC(=O)C2CC2C(=O)N2CCc3ccccc32)ccc1Br. The van der Waals surface area contributed by atoms with Crippen LogP contribution in [0.2, 0.25) is 0 Å². The van der Waals surface area contributed by atoms with Gasteiger partial charge in [0.15, 0.2) is 0 Å². The van der Waals surface area contributed by atoms with Crippen molar-refractivity contribution in [3.05, 3.63) is 58.1 Å². The number of nitrogens with one attached hydrogen (secondary N) is 1. The molecule has 1 aliphatic carbocycles. The zero-order chi connectivity index (χ0) is 17.6. The van der Waals surface area contributed by atoms with Gasteiger partial charge in [0.25, 0.3) is 0 Å². The minimum absolute atomic E-state index is 0.0624. The topological polar surface area (TPSA) is 49.4 Å². The summed E-state index contributed by atoms with van der Waals surface area (Å²) in [6.45, 7) is 2.70. The standard InChI is InChI=1S/C20H19BrN2O2/c1-12-10-14(6-7-17(12)21)22-19(24)15-11-16(15)20(25)23-9-8-13-4-2-3-5-18(13)23/h2-7,10,15-16H,8-9,11H2,1H3,(H,22,24). The van der Waals surface area contributed by atoms with Crippen molar-refractivity contribution in [1.82, 2.24) is 0 Å². The highest BCUT2D eigenvalue weighted by molar-refractivity contribution is 9.10. The van der Waals surface area contributed by atoms with Crippen molar-refractivity contribution in [2.45, 2.75) is 19.8 Å². The van der Waals surface area contributed by atoms with Crippen LogP contribution in [0.1, 0.15) is 17.5 Å². The molecule has 4 nitrogen and oxygen atoms in total. The van der Waals surface area contributed by atoms with E-state index in [0.29, 0.717) is 6.42 Å². The number of halogens is 1. The molecule has 128 valence electrons. The minimum atomic E-state index is -0.218. The first kappa shape index (κ1) is 16.3. The molecule has 2 aromatic carbocycles. The van der Waals surface area contributed by atoms with Crippen LogP contribution in [0.5, 0.6) is 0 Å². The number of nitrogens with zero attached hydrogens (tertiary/aromatic N) is 1. The smallest absolute Gasteiger partial charge is 0.230 e. The van der Waals surface area contributed by atoms with Gasteiger partial charge in [0.1, 0.15) is 0 Å². The van der Waals surface area contributed by atoms with Crippen LogP contribution in [0.4, 0.5) is 11.4 Å². The maximum absolute atomic E-state index is 12.8. The Kier molecular flexibility index (Phi) is 4.12. The lowest BCUT2D eigenvalue weighted by molar-refractivity contribution is -0.123. The zero-order valence-electron chi connectivity index (χ0n) is 14.0. The number of hydrogen-bond donors (Lipinski definition) is 1. The molecule has 1 N–H and O–H groups in total. The number of hydrogen-bond acceptors (Lipinski definition) is 2. The van der Waals surface area contributed by atoms with Crippen LogP contribution in [0.15, 0.2) is 46.9 Å². The molecule has 25 heavy (non-hydrogen) atoms. The van der Waals surface area contributed by atoms with Gasteiger partial charge in [-0.05, 0) is 55.2 Å². The van der Waals surface area contributed by atoms with E-state index >= 15 is 0 Å². The Hall–Kier alpha value is -2.14. The van der Waals surface area contributed by atoms with E-state index in [2.05, 4.69) is 27.3 Å². The second-order valence-electron chi connectivity index (χ2n) is 6.77. The molecule has 1 heterocycles. The maximum Gasteiger partial charge on any atom is 0.230 e. The molecule has 2 unspecified atom stereocenters. The van der Waals surface area contributed by atoms with Gasteiger partial charge in [-0.15, -0.1) is 0 Å². The summed E-state index contributed by atoms with van der Waals surface area (Å²) in [5, 5.41) is 2.94. The fourth-order valence-corrected chi connectivity index (χ4v) is 3.73. The van der Waals surface area contributed by atoms with Crippen molar-refractivity contribution in [1.29, 1.82) is 0 Å². The van der Waals surface area contributed by atoms with Gasteiger partial charge in [-0.25, -0.2) is 0 Å². The molecular formula is C20H19BrN2O2. The number of carbonyl (C=O) groups is 2. The van der Waals surface area contributed by atoms with E-state index in [0.717, 1.165) is 34.4 Å². The molecule has 2 amide bonds. The normalized spacial score (nSPS) is 21.0. The van der Waals surface area contributed by atoms with Crippen LogP contribution in [0.3, 0.4) is 0 Å². The van der Waals surface area contributed by atoms with E-state index in [1.807, 2.05) is 48.2 Å². The lowest BCUT2D eigenvalue weighted by Crippen LogP contribution is -2.31. The summed E-state index contributed by atoms with van der Waals surface area (Å²) >= 11 is 3.45. The van der Waals surface area contributed by atoms with Gasteiger partial charge in [-0.1, -0.05) is 34.1 Å². The summed E-state index contributed by atoms with van der Waals surface area (Å²) in [5.74, 6) is -0.392. The lowest BCUT2D eigenvalue weighted by Gasteiger charge is -2.17. The van der Waals surface area contributed by atoms with E-state index in [9.17, 15) is 9.59 Å².